The average molecular weight is 361 g/mol. The van der Waals surface area contributed by atoms with Crippen molar-refractivity contribution in [3.05, 3.63) is 82.7 Å². The standard InChI is InChI=1S/C21H19N3O3/c1-26-18-12-16-17(13-19(18)27-2)22-20(23-21(16)25)11-14-5-7-15(8-6-14)24-9-3-4-10-24/h3-10,12-13H,11H2,1-2H3,(H,22,23,25). The Morgan fingerprint density at radius 1 is 1.00 bits per heavy atom. The minimum absolute atomic E-state index is 0.195. The summed E-state index contributed by atoms with van der Waals surface area (Å²) in [5, 5.41) is 0.472. The van der Waals surface area contributed by atoms with Crippen LogP contribution in [0.3, 0.4) is 0 Å². The van der Waals surface area contributed by atoms with Gasteiger partial charge < -0.3 is 19.0 Å². The molecule has 4 aromatic rings. The first-order chi connectivity index (χ1) is 13.2. The smallest absolute Gasteiger partial charge is 0.258 e. The molecule has 2 aromatic carbocycles. The lowest BCUT2D eigenvalue weighted by Crippen LogP contribution is -2.12. The fourth-order valence-electron chi connectivity index (χ4n) is 3.08. The van der Waals surface area contributed by atoms with Crippen molar-refractivity contribution < 1.29 is 9.47 Å². The topological polar surface area (TPSA) is 69.1 Å². The van der Waals surface area contributed by atoms with Gasteiger partial charge in [-0.3, -0.25) is 4.79 Å². The molecule has 0 aliphatic carbocycles. The predicted molar refractivity (Wildman–Crippen MR) is 104 cm³/mol. The van der Waals surface area contributed by atoms with Gasteiger partial charge in [0.1, 0.15) is 5.82 Å². The number of rotatable bonds is 5. The Morgan fingerprint density at radius 3 is 2.33 bits per heavy atom. The molecule has 136 valence electrons. The fraction of sp³-hybridized carbons (Fsp3) is 0.143. The summed E-state index contributed by atoms with van der Waals surface area (Å²) in [5.74, 6) is 1.66. The van der Waals surface area contributed by atoms with Crippen molar-refractivity contribution in [2.75, 3.05) is 14.2 Å². The molecule has 1 N–H and O–H groups in total. The summed E-state index contributed by atoms with van der Waals surface area (Å²) in [6.45, 7) is 0. The lowest BCUT2D eigenvalue weighted by atomic mass is 10.1. The Hall–Kier alpha value is -3.54. The number of methoxy groups -OCH3 is 2. The van der Waals surface area contributed by atoms with Crippen LogP contribution in [0.15, 0.2) is 65.7 Å². The molecule has 6 heteroatoms. The van der Waals surface area contributed by atoms with E-state index in [2.05, 4.69) is 9.97 Å². The Kier molecular flexibility index (Phi) is 4.38. The summed E-state index contributed by atoms with van der Waals surface area (Å²) in [5.41, 5.74) is 2.53. The maximum atomic E-state index is 12.5. The predicted octanol–water partition coefficient (Wildman–Crippen LogP) is 3.32. The molecule has 0 aliphatic heterocycles. The number of fused-ring (bicyclic) bond motifs is 1. The van der Waals surface area contributed by atoms with E-state index in [0.717, 1.165) is 11.3 Å². The van der Waals surface area contributed by atoms with Crippen molar-refractivity contribution in [2.45, 2.75) is 6.42 Å². The van der Waals surface area contributed by atoms with E-state index in [9.17, 15) is 4.79 Å². The van der Waals surface area contributed by atoms with E-state index in [1.54, 1.807) is 19.2 Å². The van der Waals surface area contributed by atoms with Crippen LogP contribution in [0, 0.1) is 0 Å². The van der Waals surface area contributed by atoms with E-state index in [1.165, 1.54) is 7.11 Å². The number of aromatic nitrogens is 3. The molecule has 0 atom stereocenters. The Bertz CT molecular complexity index is 1130. The minimum atomic E-state index is -0.195. The normalized spacial score (nSPS) is 10.9. The van der Waals surface area contributed by atoms with E-state index in [4.69, 9.17) is 9.47 Å². The van der Waals surface area contributed by atoms with E-state index < -0.39 is 0 Å². The molecule has 0 radical (unpaired) electrons. The van der Waals surface area contributed by atoms with Gasteiger partial charge >= 0.3 is 0 Å². The van der Waals surface area contributed by atoms with Gasteiger partial charge in [0.15, 0.2) is 11.5 Å². The van der Waals surface area contributed by atoms with Crippen LogP contribution in [0.1, 0.15) is 11.4 Å². The van der Waals surface area contributed by atoms with Crippen molar-refractivity contribution in [3.63, 3.8) is 0 Å². The van der Waals surface area contributed by atoms with Gasteiger partial charge in [0, 0.05) is 30.6 Å². The van der Waals surface area contributed by atoms with Gasteiger partial charge in [-0.1, -0.05) is 12.1 Å². The molecule has 0 bridgehead atoms. The molecule has 0 amide bonds. The first kappa shape index (κ1) is 16.9. The van der Waals surface area contributed by atoms with Gasteiger partial charge in [-0.05, 0) is 35.9 Å². The number of hydrogen-bond donors (Lipinski definition) is 1. The zero-order chi connectivity index (χ0) is 18.8. The monoisotopic (exact) mass is 361 g/mol. The average Bonchev–Trinajstić information content (AvgIpc) is 3.22. The van der Waals surface area contributed by atoms with Gasteiger partial charge in [-0.25, -0.2) is 4.98 Å². The second kappa shape index (κ2) is 6.99. The lowest BCUT2D eigenvalue weighted by Gasteiger charge is -2.10. The van der Waals surface area contributed by atoms with Crippen LogP contribution in [0.2, 0.25) is 0 Å². The highest BCUT2D eigenvalue weighted by Gasteiger charge is 2.11. The van der Waals surface area contributed by atoms with Crippen LogP contribution in [-0.2, 0) is 6.42 Å². The molecule has 6 nitrogen and oxygen atoms in total. The minimum Gasteiger partial charge on any atom is -0.493 e. The zero-order valence-electron chi connectivity index (χ0n) is 15.1. The van der Waals surface area contributed by atoms with Gasteiger partial charge in [0.2, 0.25) is 0 Å². The lowest BCUT2D eigenvalue weighted by molar-refractivity contribution is 0.355. The van der Waals surface area contributed by atoms with Gasteiger partial charge in [-0.2, -0.15) is 0 Å². The molecular weight excluding hydrogens is 342 g/mol. The number of aromatic amines is 1. The molecule has 0 fully saturated rings. The molecule has 2 aromatic heterocycles. The van der Waals surface area contributed by atoms with Crippen molar-refractivity contribution in [1.82, 2.24) is 14.5 Å². The van der Waals surface area contributed by atoms with Crippen molar-refractivity contribution in [2.24, 2.45) is 0 Å². The Morgan fingerprint density at radius 2 is 1.67 bits per heavy atom. The maximum absolute atomic E-state index is 12.5. The molecular formula is C21H19N3O3. The van der Waals surface area contributed by atoms with Crippen LogP contribution in [-0.4, -0.2) is 28.8 Å². The molecule has 0 unspecified atom stereocenters. The first-order valence-corrected chi connectivity index (χ1v) is 8.55. The number of ether oxygens (including phenoxy) is 2. The molecule has 0 spiro atoms. The van der Waals surface area contributed by atoms with Gasteiger partial charge in [0.25, 0.3) is 5.56 Å². The number of nitrogens with one attached hydrogen (secondary N) is 1. The number of H-pyrrole nitrogens is 1. The van der Waals surface area contributed by atoms with Gasteiger partial charge in [0.05, 0.1) is 25.1 Å². The maximum Gasteiger partial charge on any atom is 0.258 e. The van der Waals surface area contributed by atoms with E-state index in [1.807, 2.05) is 53.4 Å². The summed E-state index contributed by atoms with van der Waals surface area (Å²) in [6.07, 6.45) is 4.53. The molecule has 0 saturated heterocycles. The largest absolute Gasteiger partial charge is 0.493 e. The van der Waals surface area contributed by atoms with Crippen LogP contribution in [0.5, 0.6) is 11.5 Å². The summed E-state index contributed by atoms with van der Waals surface area (Å²) in [4.78, 5) is 19.9. The first-order valence-electron chi connectivity index (χ1n) is 8.55. The second-order valence-corrected chi connectivity index (χ2v) is 6.17. The molecule has 2 heterocycles. The van der Waals surface area contributed by atoms with Gasteiger partial charge in [-0.15, -0.1) is 0 Å². The van der Waals surface area contributed by atoms with Crippen LogP contribution in [0.4, 0.5) is 0 Å². The van der Waals surface area contributed by atoms with E-state index in [-0.39, 0.29) is 5.56 Å². The molecule has 0 aliphatic rings. The quantitative estimate of drug-likeness (QED) is 0.592. The number of benzene rings is 2. The third kappa shape index (κ3) is 3.29. The van der Waals surface area contributed by atoms with Crippen molar-refractivity contribution in [1.29, 1.82) is 0 Å². The molecule has 4 rings (SSSR count). The highest BCUT2D eigenvalue weighted by molar-refractivity contribution is 5.81. The van der Waals surface area contributed by atoms with Crippen LogP contribution >= 0.6 is 0 Å². The summed E-state index contributed by atoms with van der Waals surface area (Å²) in [7, 11) is 3.10. The molecule has 27 heavy (non-hydrogen) atoms. The highest BCUT2D eigenvalue weighted by Crippen LogP contribution is 2.30. The number of nitrogens with zero attached hydrogens (tertiary/aromatic N) is 2. The van der Waals surface area contributed by atoms with E-state index in [0.29, 0.717) is 34.6 Å². The molecule has 0 saturated carbocycles. The third-order valence-corrected chi connectivity index (χ3v) is 4.47. The summed E-state index contributed by atoms with van der Waals surface area (Å²) >= 11 is 0. The Balaban J connectivity index is 1.66. The van der Waals surface area contributed by atoms with Crippen LogP contribution in [0.25, 0.3) is 16.6 Å². The summed E-state index contributed by atoms with van der Waals surface area (Å²) in [6, 6.07) is 15.5. The van der Waals surface area contributed by atoms with Crippen molar-refractivity contribution in [3.8, 4) is 17.2 Å². The van der Waals surface area contributed by atoms with Crippen molar-refractivity contribution >= 4 is 10.9 Å². The van der Waals surface area contributed by atoms with Crippen LogP contribution < -0.4 is 15.0 Å². The third-order valence-electron chi connectivity index (χ3n) is 4.47. The Labute approximate surface area is 156 Å². The summed E-state index contributed by atoms with van der Waals surface area (Å²) < 4.78 is 12.6. The highest BCUT2D eigenvalue weighted by atomic mass is 16.5. The van der Waals surface area contributed by atoms with E-state index >= 15 is 0 Å². The second-order valence-electron chi connectivity index (χ2n) is 6.17. The fourth-order valence-corrected chi connectivity index (χ4v) is 3.08. The zero-order valence-corrected chi connectivity index (χ0v) is 15.1. The number of hydrogen-bond acceptors (Lipinski definition) is 4. The SMILES string of the molecule is COc1cc2nc(Cc3ccc(-n4cccc4)cc3)[nH]c(=O)c2cc1OC.